The van der Waals surface area contributed by atoms with Gasteiger partial charge < -0.3 is 5.32 Å². The van der Waals surface area contributed by atoms with E-state index >= 15 is 0 Å². The molecule has 1 N–H and O–H groups in total. The summed E-state index contributed by atoms with van der Waals surface area (Å²) in [4.78, 5) is 12.6. The van der Waals surface area contributed by atoms with Crippen molar-refractivity contribution in [2.45, 2.75) is 40.0 Å². The second kappa shape index (κ2) is 8.57. The van der Waals surface area contributed by atoms with Crippen LogP contribution in [-0.2, 0) is 21.2 Å². The molecule has 5 nitrogen and oxygen atoms in total. The van der Waals surface area contributed by atoms with Gasteiger partial charge in [0.2, 0.25) is 15.9 Å². The number of amides is 1. The summed E-state index contributed by atoms with van der Waals surface area (Å²) in [5.74, 6) is -0.239. The van der Waals surface area contributed by atoms with Crippen LogP contribution in [0.15, 0.2) is 42.5 Å². The molecule has 2 rings (SSSR count). The molecule has 0 aliphatic heterocycles. The third-order valence-electron chi connectivity index (χ3n) is 4.47. The van der Waals surface area contributed by atoms with Gasteiger partial charge in [-0.15, -0.1) is 0 Å². The van der Waals surface area contributed by atoms with Gasteiger partial charge in [-0.2, -0.15) is 0 Å². The van der Waals surface area contributed by atoms with Gasteiger partial charge in [-0.1, -0.05) is 51.1 Å². The molecular weight excluding hydrogens is 360 g/mol. The van der Waals surface area contributed by atoms with Gasteiger partial charge in [-0.05, 0) is 48.1 Å². The van der Waals surface area contributed by atoms with Gasteiger partial charge in [0, 0.05) is 5.69 Å². The molecule has 0 saturated heterocycles. The minimum atomic E-state index is -3.62. The first-order valence-electron chi connectivity index (χ1n) is 9.09. The molecule has 0 radical (unpaired) electrons. The van der Waals surface area contributed by atoms with Crippen molar-refractivity contribution < 1.29 is 13.2 Å². The quantitative estimate of drug-likeness (QED) is 0.777. The summed E-state index contributed by atoms with van der Waals surface area (Å²) in [6.07, 6.45) is 2.05. The molecule has 0 saturated carbocycles. The van der Waals surface area contributed by atoms with Gasteiger partial charge in [0.05, 0.1) is 11.9 Å². The van der Waals surface area contributed by atoms with Crippen molar-refractivity contribution in [2.75, 3.05) is 22.4 Å². The molecule has 0 aliphatic carbocycles. The van der Waals surface area contributed by atoms with E-state index in [9.17, 15) is 13.2 Å². The fourth-order valence-corrected chi connectivity index (χ4v) is 3.94. The molecule has 2 aromatic carbocycles. The molecule has 146 valence electrons. The molecule has 2 aromatic rings. The van der Waals surface area contributed by atoms with E-state index in [1.54, 1.807) is 0 Å². The number of anilines is 2. The topological polar surface area (TPSA) is 66.5 Å². The fourth-order valence-electron chi connectivity index (χ4n) is 3.01. The van der Waals surface area contributed by atoms with Gasteiger partial charge in [0.15, 0.2) is 0 Å². The Morgan fingerprint density at radius 2 is 1.74 bits per heavy atom. The van der Waals surface area contributed by atoms with Crippen LogP contribution >= 0.6 is 0 Å². The van der Waals surface area contributed by atoms with Crippen LogP contribution < -0.4 is 9.62 Å². The van der Waals surface area contributed by atoms with E-state index in [0.717, 1.165) is 23.8 Å². The van der Waals surface area contributed by atoms with Crippen molar-refractivity contribution >= 4 is 27.3 Å². The van der Waals surface area contributed by atoms with Crippen LogP contribution in [0, 0.1) is 6.92 Å². The Hall–Kier alpha value is -2.34. The Labute approximate surface area is 162 Å². The highest BCUT2D eigenvalue weighted by Gasteiger charge is 2.25. The number of aryl methyl sites for hydroxylation is 2. The van der Waals surface area contributed by atoms with E-state index in [2.05, 4.69) is 12.2 Å². The zero-order valence-electron chi connectivity index (χ0n) is 16.6. The Balaban J connectivity index is 2.32. The monoisotopic (exact) mass is 388 g/mol. The van der Waals surface area contributed by atoms with Crippen molar-refractivity contribution in [3.8, 4) is 0 Å². The molecule has 1 amide bonds. The van der Waals surface area contributed by atoms with Crippen molar-refractivity contribution in [3.63, 3.8) is 0 Å². The normalized spacial score (nSPS) is 11.5. The maximum absolute atomic E-state index is 12.6. The summed E-state index contributed by atoms with van der Waals surface area (Å²) in [6, 6.07) is 13.2. The van der Waals surface area contributed by atoms with E-state index < -0.39 is 10.0 Å². The molecule has 0 atom stereocenters. The van der Waals surface area contributed by atoms with E-state index in [1.165, 1.54) is 9.87 Å². The van der Waals surface area contributed by atoms with Crippen molar-refractivity contribution in [1.29, 1.82) is 0 Å². The smallest absolute Gasteiger partial charge is 0.245 e. The van der Waals surface area contributed by atoms with E-state index in [-0.39, 0.29) is 18.4 Å². The van der Waals surface area contributed by atoms with Crippen LogP contribution in [0.5, 0.6) is 0 Å². The molecule has 0 fully saturated rings. The lowest BCUT2D eigenvalue weighted by Crippen LogP contribution is -2.38. The predicted molar refractivity (Wildman–Crippen MR) is 112 cm³/mol. The third kappa shape index (κ3) is 5.32. The second-order valence-corrected chi connectivity index (χ2v) is 8.94. The first-order chi connectivity index (χ1) is 12.6. The predicted octanol–water partition coefficient (Wildman–Crippen LogP) is 4.09. The second-order valence-electron chi connectivity index (χ2n) is 7.04. The highest BCUT2D eigenvalue weighted by molar-refractivity contribution is 7.92. The summed E-state index contributed by atoms with van der Waals surface area (Å²) in [6.45, 7) is 7.67. The van der Waals surface area contributed by atoms with Crippen LogP contribution in [0.2, 0.25) is 0 Å². The van der Waals surface area contributed by atoms with Crippen molar-refractivity contribution in [2.24, 2.45) is 0 Å². The number of benzene rings is 2. The minimum absolute atomic E-state index is 0.133. The number of hydrogen-bond donors (Lipinski definition) is 1. The zero-order valence-corrected chi connectivity index (χ0v) is 17.4. The number of para-hydroxylation sites is 1. The summed E-state index contributed by atoms with van der Waals surface area (Å²) < 4.78 is 26.2. The van der Waals surface area contributed by atoms with Gasteiger partial charge in [0.1, 0.15) is 6.54 Å². The molecule has 0 bridgehead atoms. The first kappa shape index (κ1) is 21.0. The average molecular weight is 389 g/mol. The van der Waals surface area contributed by atoms with Gasteiger partial charge in [-0.25, -0.2) is 8.42 Å². The number of nitrogens with zero attached hydrogens (tertiary/aromatic N) is 1. The number of sulfonamides is 1. The van der Waals surface area contributed by atoms with Gasteiger partial charge in [-0.3, -0.25) is 9.10 Å². The summed E-state index contributed by atoms with van der Waals surface area (Å²) in [5.41, 5.74) is 4.14. The third-order valence-corrected chi connectivity index (χ3v) is 5.59. The number of carbonyl (C=O) groups is 1. The number of carbonyl (C=O) groups excluding carboxylic acids is 1. The van der Waals surface area contributed by atoms with Crippen LogP contribution in [0.3, 0.4) is 0 Å². The largest absolute Gasteiger partial charge is 0.325 e. The zero-order chi connectivity index (χ0) is 20.2. The Morgan fingerprint density at radius 1 is 1.11 bits per heavy atom. The SMILES string of the molecule is CCc1ccc(NC(=O)CN(c2c(C)cccc2C(C)C)S(C)(=O)=O)cc1. The number of nitrogens with one attached hydrogen (secondary N) is 1. The van der Waals surface area contributed by atoms with E-state index in [4.69, 9.17) is 0 Å². The van der Waals surface area contributed by atoms with Gasteiger partial charge >= 0.3 is 0 Å². The minimum Gasteiger partial charge on any atom is -0.325 e. The average Bonchev–Trinajstić information content (AvgIpc) is 2.59. The molecule has 0 aromatic heterocycles. The van der Waals surface area contributed by atoms with Crippen molar-refractivity contribution in [1.82, 2.24) is 0 Å². The summed E-state index contributed by atoms with van der Waals surface area (Å²) in [5, 5.41) is 2.79. The standard InChI is InChI=1S/C21H28N2O3S/c1-6-17-10-12-18(13-11-17)22-20(24)14-23(27(5,25)26)21-16(4)8-7-9-19(21)15(2)3/h7-13,15H,6,14H2,1-5H3,(H,22,24). The Morgan fingerprint density at radius 3 is 2.26 bits per heavy atom. The van der Waals surface area contributed by atoms with Crippen LogP contribution in [0.4, 0.5) is 11.4 Å². The maximum atomic E-state index is 12.6. The van der Waals surface area contributed by atoms with E-state index in [1.807, 2.05) is 63.2 Å². The van der Waals surface area contributed by atoms with Crippen LogP contribution in [0.25, 0.3) is 0 Å². The summed E-state index contributed by atoms with van der Waals surface area (Å²) in [7, 11) is -3.62. The van der Waals surface area contributed by atoms with Crippen LogP contribution in [-0.4, -0.2) is 27.1 Å². The highest BCUT2D eigenvalue weighted by Crippen LogP contribution is 2.32. The van der Waals surface area contributed by atoms with Crippen LogP contribution in [0.1, 0.15) is 43.4 Å². The fraction of sp³-hybridized carbons (Fsp3) is 0.381. The lowest BCUT2D eigenvalue weighted by Gasteiger charge is -2.27. The number of rotatable bonds is 7. The Kier molecular flexibility index (Phi) is 6.65. The molecule has 0 unspecified atom stereocenters. The van der Waals surface area contributed by atoms with Crippen molar-refractivity contribution in [3.05, 3.63) is 59.2 Å². The molecule has 6 heteroatoms. The molecule has 0 spiro atoms. The maximum Gasteiger partial charge on any atom is 0.245 e. The molecule has 27 heavy (non-hydrogen) atoms. The van der Waals surface area contributed by atoms with E-state index in [0.29, 0.717) is 11.4 Å². The molecule has 0 aliphatic rings. The lowest BCUT2D eigenvalue weighted by atomic mass is 9.98. The lowest BCUT2D eigenvalue weighted by molar-refractivity contribution is -0.114. The highest BCUT2D eigenvalue weighted by atomic mass is 32.2. The van der Waals surface area contributed by atoms with Gasteiger partial charge in [0.25, 0.3) is 0 Å². The Bertz CT molecular complexity index is 904. The first-order valence-corrected chi connectivity index (χ1v) is 10.9. The number of hydrogen-bond acceptors (Lipinski definition) is 3. The summed E-state index contributed by atoms with van der Waals surface area (Å²) >= 11 is 0. The molecular formula is C21H28N2O3S. The molecule has 0 heterocycles.